The minimum atomic E-state index is 0.566. The summed E-state index contributed by atoms with van der Waals surface area (Å²) in [4.78, 5) is 2.59. The monoisotopic (exact) mass is 368 g/mol. The summed E-state index contributed by atoms with van der Waals surface area (Å²) in [6, 6.07) is 18.4. The molecule has 4 rings (SSSR count). The first kappa shape index (κ1) is 17.4. The van der Waals surface area contributed by atoms with Crippen LogP contribution in [0.3, 0.4) is 0 Å². The van der Waals surface area contributed by atoms with Gasteiger partial charge in [-0.2, -0.15) is 0 Å². The molecule has 0 amide bonds. The predicted molar refractivity (Wildman–Crippen MR) is 108 cm³/mol. The van der Waals surface area contributed by atoms with Crippen molar-refractivity contribution >= 4 is 22.5 Å². The lowest BCUT2D eigenvalue weighted by atomic mass is 10.1. The van der Waals surface area contributed by atoms with Crippen molar-refractivity contribution in [3.05, 3.63) is 65.3 Å². The summed E-state index contributed by atoms with van der Waals surface area (Å²) in [5.74, 6) is 0.849. The Morgan fingerprint density at radius 3 is 2.46 bits per heavy atom. The zero-order chi connectivity index (χ0) is 17.8. The number of benzene rings is 2. The minimum absolute atomic E-state index is 0.566. The Morgan fingerprint density at radius 2 is 1.65 bits per heavy atom. The Balaban J connectivity index is 1.51. The molecule has 0 unspecified atom stereocenters. The van der Waals surface area contributed by atoms with Gasteiger partial charge in [-0.05, 0) is 67.7 Å². The summed E-state index contributed by atoms with van der Waals surface area (Å²) in [7, 11) is 0. The van der Waals surface area contributed by atoms with Gasteiger partial charge in [0.05, 0.1) is 5.69 Å². The molecular weight excluding hydrogens is 344 g/mol. The molecule has 0 radical (unpaired) electrons. The molecule has 3 nitrogen and oxygen atoms in total. The van der Waals surface area contributed by atoms with E-state index < -0.39 is 0 Å². The number of aromatic nitrogens is 1. The largest absolute Gasteiger partial charge is 0.487 e. The second-order valence-electron chi connectivity index (χ2n) is 6.99. The van der Waals surface area contributed by atoms with Crippen molar-refractivity contribution in [3.63, 3.8) is 0 Å². The van der Waals surface area contributed by atoms with Gasteiger partial charge in [0, 0.05) is 23.6 Å². The third-order valence-electron chi connectivity index (χ3n) is 5.19. The van der Waals surface area contributed by atoms with Crippen LogP contribution in [0.2, 0.25) is 5.02 Å². The molecule has 2 heterocycles. The number of nitrogens with zero attached hydrogens (tertiary/aromatic N) is 2. The first-order valence-electron chi connectivity index (χ1n) is 9.47. The fourth-order valence-corrected chi connectivity index (χ4v) is 3.89. The van der Waals surface area contributed by atoms with Crippen LogP contribution in [0.25, 0.3) is 10.9 Å². The third kappa shape index (κ3) is 4.05. The Morgan fingerprint density at radius 1 is 0.885 bits per heavy atom. The van der Waals surface area contributed by atoms with Crippen molar-refractivity contribution < 1.29 is 4.74 Å². The van der Waals surface area contributed by atoms with E-state index in [0.717, 1.165) is 23.9 Å². The lowest BCUT2D eigenvalue weighted by Crippen LogP contribution is -2.32. The smallest absolute Gasteiger partial charge is 0.128 e. The molecule has 4 heteroatoms. The van der Waals surface area contributed by atoms with Crippen LogP contribution in [-0.2, 0) is 13.2 Å². The number of halogens is 1. The third-order valence-corrected chi connectivity index (χ3v) is 5.44. The van der Waals surface area contributed by atoms with E-state index in [4.69, 9.17) is 16.3 Å². The highest BCUT2D eigenvalue weighted by molar-refractivity contribution is 6.30. The molecule has 26 heavy (non-hydrogen) atoms. The van der Waals surface area contributed by atoms with E-state index in [1.807, 2.05) is 24.3 Å². The Bertz CT molecular complexity index is 850. The van der Waals surface area contributed by atoms with Gasteiger partial charge in [0.2, 0.25) is 0 Å². The number of para-hydroxylation sites is 1. The molecule has 1 saturated heterocycles. The first-order valence-corrected chi connectivity index (χ1v) is 9.85. The van der Waals surface area contributed by atoms with E-state index >= 15 is 0 Å². The van der Waals surface area contributed by atoms with E-state index in [2.05, 4.69) is 39.8 Å². The fraction of sp³-hybridized carbons (Fsp3) is 0.364. The van der Waals surface area contributed by atoms with Crippen molar-refractivity contribution in [3.8, 4) is 5.75 Å². The van der Waals surface area contributed by atoms with Gasteiger partial charge in [-0.1, -0.05) is 36.2 Å². The van der Waals surface area contributed by atoms with Crippen LogP contribution in [-0.4, -0.2) is 29.1 Å². The van der Waals surface area contributed by atoms with Gasteiger partial charge in [-0.15, -0.1) is 0 Å². The summed E-state index contributed by atoms with van der Waals surface area (Å²) in [5.41, 5.74) is 2.51. The van der Waals surface area contributed by atoms with Crippen molar-refractivity contribution in [1.29, 1.82) is 0 Å². The lowest BCUT2D eigenvalue weighted by Gasteiger charge is -2.27. The Hall–Kier alpha value is -1.97. The van der Waals surface area contributed by atoms with Gasteiger partial charge in [0.1, 0.15) is 12.4 Å². The summed E-state index contributed by atoms with van der Waals surface area (Å²) in [6.45, 7) is 5.14. The molecule has 0 saturated carbocycles. The van der Waals surface area contributed by atoms with Crippen LogP contribution in [0.5, 0.6) is 5.75 Å². The van der Waals surface area contributed by atoms with Gasteiger partial charge in [-0.3, -0.25) is 0 Å². The summed E-state index contributed by atoms with van der Waals surface area (Å²) in [6.07, 6.45) is 4.04. The summed E-state index contributed by atoms with van der Waals surface area (Å²) < 4.78 is 8.43. The predicted octanol–water partition coefficient (Wildman–Crippen LogP) is 5.36. The van der Waals surface area contributed by atoms with Crippen LogP contribution in [0.4, 0.5) is 0 Å². The molecule has 1 aromatic heterocycles. The molecule has 0 spiro atoms. The summed E-state index contributed by atoms with van der Waals surface area (Å²) >= 11 is 5.96. The molecule has 1 aliphatic rings. The van der Waals surface area contributed by atoms with Crippen LogP contribution in [0, 0.1) is 0 Å². The highest BCUT2D eigenvalue weighted by Gasteiger charge is 2.13. The minimum Gasteiger partial charge on any atom is -0.487 e. The van der Waals surface area contributed by atoms with Gasteiger partial charge in [-0.25, -0.2) is 0 Å². The zero-order valence-corrected chi connectivity index (χ0v) is 15.8. The molecule has 0 aliphatic carbocycles. The highest BCUT2D eigenvalue weighted by Crippen LogP contribution is 2.23. The maximum atomic E-state index is 6.02. The number of ether oxygens (including phenoxy) is 1. The number of likely N-dealkylation sites (tertiary alicyclic amines) is 1. The molecule has 1 aliphatic heterocycles. The number of hydrogen-bond donors (Lipinski definition) is 0. The summed E-state index contributed by atoms with van der Waals surface area (Å²) in [5, 5.41) is 2.01. The quantitative estimate of drug-likeness (QED) is 0.582. The normalized spacial score (nSPS) is 15.4. The number of fused-ring (bicyclic) bond motifs is 1. The van der Waals surface area contributed by atoms with E-state index in [1.165, 1.54) is 48.9 Å². The first-order chi connectivity index (χ1) is 12.8. The maximum absolute atomic E-state index is 6.02. The van der Waals surface area contributed by atoms with Gasteiger partial charge >= 0.3 is 0 Å². The lowest BCUT2D eigenvalue weighted by molar-refractivity contribution is 0.218. The van der Waals surface area contributed by atoms with Crippen molar-refractivity contribution in [2.75, 3.05) is 19.6 Å². The average molecular weight is 369 g/mol. The molecule has 0 atom stereocenters. The van der Waals surface area contributed by atoms with Crippen LogP contribution in [0.1, 0.15) is 25.0 Å². The van der Waals surface area contributed by atoms with Crippen molar-refractivity contribution in [2.45, 2.75) is 32.4 Å². The van der Waals surface area contributed by atoms with Gasteiger partial charge in [0.15, 0.2) is 0 Å². The SMILES string of the molecule is Clc1ccc(OCc2cc3ccccc3n2CCN2CCCCC2)cc1. The van der Waals surface area contributed by atoms with E-state index in [1.54, 1.807) is 0 Å². The molecule has 0 bridgehead atoms. The fourth-order valence-electron chi connectivity index (χ4n) is 3.76. The Labute approximate surface area is 160 Å². The maximum Gasteiger partial charge on any atom is 0.128 e. The zero-order valence-electron chi connectivity index (χ0n) is 15.0. The van der Waals surface area contributed by atoms with E-state index in [0.29, 0.717) is 6.61 Å². The molecule has 136 valence electrons. The second-order valence-corrected chi connectivity index (χ2v) is 7.43. The van der Waals surface area contributed by atoms with E-state index in [-0.39, 0.29) is 0 Å². The number of hydrogen-bond acceptors (Lipinski definition) is 2. The highest BCUT2D eigenvalue weighted by atomic mass is 35.5. The van der Waals surface area contributed by atoms with Crippen LogP contribution in [0.15, 0.2) is 54.6 Å². The second kappa shape index (κ2) is 8.15. The molecule has 0 N–H and O–H groups in total. The number of piperidine rings is 1. The van der Waals surface area contributed by atoms with Crippen molar-refractivity contribution in [2.24, 2.45) is 0 Å². The molecule has 2 aromatic carbocycles. The van der Waals surface area contributed by atoms with Crippen molar-refractivity contribution in [1.82, 2.24) is 9.47 Å². The molecular formula is C22H25ClN2O. The average Bonchev–Trinajstić information content (AvgIpc) is 3.04. The molecule has 1 fully saturated rings. The number of rotatable bonds is 6. The van der Waals surface area contributed by atoms with Crippen LogP contribution >= 0.6 is 11.6 Å². The Kier molecular flexibility index (Phi) is 5.47. The topological polar surface area (TPSA) is 17.4 Å². The molecule has 3 aromatic rings. The van der Waals surface area contributed by atoms with Gasteiger partial charge in [0.25, 0.3) is 0 Å². The van der Waals surface area contributed by atoms with E-state index in [9.17, 15) is 0 Å². The van der Waals surface area contributed by atoms with Gasteiger partial charge < -0.3 is 14.2 Å². The van der Waals surface area contributed by atoms with Crippen LogP contribution < -0.4 is 4.74 Å². The standard InChI is InChI=1S/C22H25ClN2O/c23-19-8-10-21(11-9-19)26-17-20-16-18-6-2-3-7-22(18)25(20)15-14-24-12-4-1-5-13-24/h2-3,6-11,16H,1,4-5,12-15,17H2.